The SMILES string of the molecule is NC(=S)c1ccc(Cl)c(NC(=O)C2C3CCCCC32)c1. The second-order valence-electron chi connectivity index (χ2n) is 5.69. The smallest absolute Gasteiger partial charge is 0.228 e. The number of hydrogen-bond acceptors (Lipinski definition) is 2. The van der Waals surface area contributed by atoms with Crippen LogP contribution in [-0.2, 0) is 4.79 Å². The van der Waals surface area contributed by atoms with E-state index in [1.54, 1.807) is 18.2 Å². The predicted octanol–water partition coefficient (Wildman–Crippen LogP) is 3.35. The quantitative estimate of drug-likeness (QED) is 0.842. The second-order valence-corrected chi connectivity index (χ2v) is 6.53. The van der Waals surface area contributed by atoms with Crippen LogP contribution in [0.1, 0.15) is 31.2 Å². The van der Waals surface area contributed by atoms with E-state index in [0.717, 1.165) is 0 Å². The number of nitrogens with two attached hydrogens (primary N) is 1. The third-order valence-electron chi connectivity index (χ3n) is 4.47. The minimum Gasteiger partial charge on any atom is -0.389 e. The highest BCUT2D eigenvalue weighted by atomic mass is 35.5. The summed E-state index contributed by atoms with van der Waals surface area (Å²) < 4.78 is 0. The molecule has 20 heavy (non-hydrogen) atoms. The third-order valence-corrected chi connectivity index (χ3v) is 5.03. The molecule has 1 aromatic rings. The summed E-state index contributed by atoms with van der Waals surface area (Å²) >= 11 is 11.1. The first-order valence-electron chi connectivity index (χ1n) is 6.98. The number of benzene rings is 1. The first-order chi connectivity index (χ1) is 9.58. The first-order valence-corrected chi connectivity index (χ1v) is 7.77. The number of carbonyl (C=O) groups is 1. The van der Waals surface area contributed by atoms with Gasteiger partial charge in [-0.3, -0.25) is 4.79 Å². The van der Waals surface area contributed by atoms with E-state index in [4.69, 9.17) is 29.6 Å². The Kier molecular flexibility index (Phi) is 3.69. The average molecular weight is 309 g/mol. The Morgan fingerprint density at radius 3 is 2.55 bits per heavy atom. The Morgan fingerprint density at radius 2 is 1.95 bits per heavy atom. The van der Waals surface area contributed by atoms with E-state index >= 15 is 0 Å². The van der Waals surface area contributed by atoms with E-state index in [0.29, 0.717) is 33.1 Å². The predicted molar refractivity (Wildman–Crippen MR) is 84.9 cm³/mol. The van der Waals surface area contributed by atoms with Crippen molar-refractivity contribution in [3.8, 4) is 0 Å². The molecule has 1 amide bonds. The number of anilines is 1. The molecule has 3 rings (SSSR count). The number of hydrogen-bond donors (Lipinski definition) is 2. The van der Waals surface area contributed by atoms with Crippen molar-refractivity contribution in [2.75, 3.05) is 5.32 Å². The molecular formula is C15H17ClN2OS. The average Bonchev–Trinajstić information content (AvgIpc) is 3.15. The van der Waals surface area contributed by atoms with Gasteiger partial charge in [-0.2, -0.15) is 0 Å². The van der Waals surface area contributed by atoms with Crippen LogP contribution >= 0.6 is 23.8 Å². The lowest BCUT2D eigenvalue weighted by Crippen LogP contribution is -2.17. The molecule has 2 unspecified atom stereocenters. The van der Waals surface area contributed by atoms with Gasteiger partial charge in [0, 0.05) is 11.5 Å². The van der Waals surface area contributed by atoms with Gasteiger partial charge in [0.1, 0.15) is 4.99 Å². The summed E-state index contributed by atoms with van der Waals surface area (Å²) in [6.07, 6.45) is 4.87. The molecule has 0 bridgehead atoms. The molecule has 0 aliphatic heterocycles. The molecule has 2 aliphatic carbocycles. The largest absolute Gasteiger partial charge is 0.389 e. The Bertz CT molecular complexity index is 563. The number of carbonyl (C=O) groups excluding carboxylic acids is 1. The molecule has 2 aliphatic rings. The van der Waals surface area contributed by atoms with Crippen molar-refractivity contribution in [3.05, 3.63) is 28.8 Å². The van der Waals surface area contributed by atoms with Crippen LogP contribution in [0.15, 0.2) is 18.2 Å². The molecule has 2 atom stereocenters. The monoisotopic (exact) mass is 308 g/mol. The maximum Gasteiger partial charge on any atom is 0.228 e. The van der Waals surface area contributed by atoms with Gasteiger partial charge in [-0.1, -0.05) is 42.7 Å². The number of thiocarbonyl (C=S) groups is 1. The number of amides is 1. The molecule has 3 N–H and O–H groups in total. The Labute approximate surface area is 128 Å². The standard InChI is InChI=1S/C15H17ClN2OS/c16-11-6-5-8(14(17)20)7-12(11)18-15(19)13-9-3-1-2-4-10(9)13/h5-7,9-10,13H,1-4H2,(H2,17,20)(H,18,19). The number of nitrogens with one attached hydrogen (secondary N) is 1. The zero-order valence-corrected chi connectivity index (χ0v) is 12.6. The summed E-state index contributed by atoms with van der Waals surface area (Å²) in [7, 11) is 0. The second kappa shape index (κ2) is 5.34. The molecule has 0 heterocycles. The Hall–Kier alpha value is -1.13. The zero-order chi connectivity index (χ0) is 14.3. The molecule has 1 aromatic carbocycles. The Morgan fingerprint density at radius 1 is 1.30 bits per heavy atom. The topological polar surface area (TPSA) is 55.1 Å². The van der Waals surface area contributed by atoms with Gasteiger partial charge < -0.3 is 11.1 Å². The lowest BCUT2D eigenvalue weighted by Gasteiger charge is -2.09. The molecule has 2 saturated carbocycles. The van der Waals surface area contributed by atoms with Crippen LogP contribution in [0.4, 0.5) is 5.69 Å². The van der Waals surface area contributed by atoms with Gasteiger partial charge in [-0.25, -0.2) is 0 Å². The molecule has 0 saturated heterocycles. The maximum absolute atomic E-state index is 12.3. The number of rotatable bonds is 3. The molecule has 5 heteroatoms. The molecule has 2 fully saturated rings. The van der Waals surface area contributed by atoms with Crippen molar-refractivity contribution in [2.45, 2.75) is 25.7 Å². The molecule has 3 nitrogen and oxygen atoms in total. The fraction of sp³-hybridized carbons (Fsp3) is 0.467. The summed E-state index contributed by atoms with van der Waals surface area (Å²) in [4.78, 5) is 12.6. The van der Waals surface area contributed by atoms with E-state index in [1.165, 1.54) is 25.7 Å². The van der Waals surface area contributed by atoms with Crippen molar-refractivity contribution in [1.82, 2.24) is 0 Å². The minimum absolute atomic E-state index is 0.0869. The molecular weight excluding hydrogens is 292 g/mol. The van der Waals surface area contributed by atoms with Crippen LogP contribution in [0.3, 0.4) is 0 Å². The van der Waals surface area contributed by atoms with Crippen molar-refractivity contribution < 1.29 is 4.79 Å². The van der Waals surface area contributed by atoms with E-state index in [9.17, 15) is 4.79 Å². The first kappa shape index (κ1) is 13.8. The van der Waals surface area contributed by atoms with Crippen LogP contribution in [0.2, 0.25) is 5.02 Å². The van der Waals surface area contributed by atoms with Gasteiger partial charge in [0.25, 0.3) is 0 Å². The summed E-state index contributed by atoms with van der Waals surface area (Å²) in [5.41, 5.74) is 6.92. The summed E-state index contributed by atoms with van der Waals surface area (Å²) in [6, 6.07) is 5.22. The van der Waals surface area contributed by atoms with Crippen LogP contribution in [0.5, 0.6) is 0 Å². The van der Waals surface area contributed by atoms with E-state index in [2.05, 4.69) is 5.32 Å². The molecule has 0 radical (unpaired) electrons. The van der Waals surface area contributed by atoms with Crippen LogP contribution < -0.4 is 11.1 Å². The van der Waals surface area contributed by atoms with Gasteiger partial charge in [0.15, 0.2) is 0 Å². The zero-order valence-electron chi connectivity index (χ0n) is 11.1. The lowest BCUT2D eigenvalue weighted by molar-refractivity contribution is -0.117. The number of fused-ring (bicyclic) bond motifs is 1. The van der Waals surface area contributed by atoms with Crippen molar-refractivity contribution >= 4 is 40.4 Å². The Balaban J connectivity index is 1.73. The summed E-state index contributed by atoms with van der Waals surface area (Å²) in [5.74, 6) is 1.42. The lowest BCUT2D eigenvalue weighted by atomic mass is 10.0. The van der Waals surface area contributed by atoms with Gasteiger partial charge >= 0.3 is 0 Å². The van der Waals surface area contributed by atoms with Crippen molar-refractivity contribution in [3.63, 3.8) is 0 Å². The minimum atomic E-state index is 0.0869. The molecule has 0 aromatic heterocycles. The highest BCUT2D eigenvalue weighted by Crippen LogP contribution is 2.55. The third kappa shape index (κ3) is 2.54. The van der Waals surface area contributed by atoms with E-state index < -0.39 is 0 Å². The van der Waals surface area contributed by atoms with Gasteiger partial charge in [0.05, 0.1) is 10.7 Å². The van der Waals surface area contributed by atoms with E-state index in [1.807, 2.05) is 0 Å². The number of halogens is 1. The summed E-state index contributed by atoms with van der Waals surface area (Å²) in [6.45, 7) is 0. The van der Waals surface area contributed by atoms with Gasteiger partial charge in [-0.05, 0) is 36.8 Å². The van der Waals surface area contributed by atoms with Crippen LogP contribution in [-0.4, -0.2) is 10.9 Å². The molecule has 106 valence electrons. The van der Waals surface area contributed by atoms with E-state index in [-0.39, 0.29) is 11.8 Å². The van der Waals surface area contributed by atoms with Gasteiger partial charge in [-0.15, -0.1) is 0 Å². The fourth-order valence-corrected chi connectivity index (χ4v) is 3.66. The highest BCUT2D eigenvalue weighted by Gasteiger charge is 2.54. The highest BCUT2D eigenvalue weighted by molar-refractivity contribution is 7.80. The van der Waals surface area contributed by atoms with Crippen molar-refractivity contribution in [2.24, 2.45) is 23.5 Å². The fourth-order valence-electron chi connectivity index (χ4n) is 3.37. The van der Waals surface area contributed by atoms with Crippen molar-refractivity contribution in [1.29, 1.82) is 0 Å². The maximum atomic E-state index is 12.3. The normalized spacial score (nSPS) is 27.6. The summed E-state index contributed by atoms with van der Waals surface area (Å²) in [5, 5.41) is 3.45. The van der Waals surface area contributed by atoms with Crippen LogP contribution in [0.25, 0.3) is 0 Å². The van der Waals surface area contributed by atoms with Gasteiger partial charge in [0.2, 0.25) is 5.91 Å². The molecule has 0 spiro atoms. The van der Waals surface area contributed by atoms with Crippen LogP contribution in [0, 0.1) is 17.8 Å².